The average molecular weight is 616 g/mol. The number of hydrogen-bond donors (Lipinski definition) is 1. The number of nitrogens with two attached hydrogens (primary N) is 1. The molecule has 1 unspecified atom stereocenters. The molecular weight excluding hydrogens is 534 g/mol. The maximum Gasteiger partial charge on any atom is 0.0480 e. The van der Waals surface area contributed by atoms with Crippen LogP contribution in [-0.2, 0) is 4.74 Å². The average Bonchev–Trinajstić information content (AvgIpc) is 3.03. The fourth-order valence-corrected chi connectivity index (χ4v) is 5.86. The van der Waals surface area contributed by atoms with Crippen molar-refractivity contribution in [1.82, 2.24) is 0 Å². The van der Waals surface area contributed by atoms with E-state index in [9.17, 15) is 0 Å². The second-order valence-electron chi connectivity index (χ2n) is 13.5. The third-order valence-corrected chi connectivity index (χ3v) is 8.96. The summed E-state index contributed by atoms with van der Waals surface area (Å²) in [6.45, 7) is 6.32. The summed E-state index contributed by atoms with van der Waals surface area (Å²) in [6, 6.07) is 0.323. The van der Waals surface area contributed by atoms with Gasteiger partial charge >= 0.3 is 0 Å². The Balaban J connectivity index is 3.22. The Bertz CT molecular complexity index is 595. The Hall–Kier alpha value is -0.860. The van der Waals surface area contributed by atoms with Crippen LogP contribution in [0.25, 0.3) is 0 Å². The van der Waals surface area contributed by atoms with Crippen molar-refractivity contribution >= 4 is 0 Å². The van der Waals surface area contributed by atoms with Gasteiger partial charge in [-0.3, -0.25) is 0 Å². The summed E-state index contributed by atoms with van der Waals surface area (Å²) in [5, 5.41) is 0. The van der Waals surface area contributed by atoms with Gasteiger partial charge in [-0.25, -0.2) is 0 Å². The van der Waals surface area contributed by atoms with E-state index in [0.717, 1.165) is 32.5 Å². The first-order valence-electron chi connectivity index (χ1n) is 20.1. The van der Waals surface area contributed by atoms with E-state index < -0.39 is 0 Å². The molecule has 0 aliphatic carbocycles. The van der Waals surface area contributed by atoms with Crippen molar-refractivity contribution in [2.24, 2.45) is 5.73 Å². The molecule has 0 aromatic rings. The zero-order chi connectivity index (χ0) is 31.9. The van der Waals surface area contributed by atoms with Crippen LogP contribution in [0.3, 0.4) is 0 Å². The largest absolute Gasteiger partial charge is 0.381 e. The molecule has 260 valence electrons. The van der Waals surface area contributed by atoms with Gasteiger partial charge < -0.3 is 10.5 Å². The van der Waals surface area contributed by atoms with Crippen LogP contribution in [0.2, 0.25) is 0 Å². The highest BCUT2D eigenvalue weighted by atomic mass is 16.5. The molecule has 2 N–H and O–H groups in total. The fourth-order valence-electron chi connectivity index (χ4n) is 5.86. The van der Waals surface area contributed by atoms with Gasteiger partial charge in [-0.05, 0) is 77.0 Å². The highest BCUT2D eigenvalue weighted by molar-refractivity contribution is 4.92. The summed E-state index contributed by atoms with van der Waals surface area (Å²) in [5.74, 6) is 0. The van der Waals surface area contributed by atoms with Crippen molar-refractivity contribution in [3.63, 3.8) is 0 Å². The number of unbranched alkanes of at least 4 members (excludes halogenated alkanes) is 24. The Morgan fingerprint density at radius 1 is 0.386 bits per heavy atom. The van der Waals surface area contributed by atoms with Crippen LogP contribution in [0, 0.1) is 0 Å². The maximum absolute atomic E-state index is 6.33. The van der Waals surface area contributed by atoms with E-state index in [-0.39, 0.29) is 0 Å². The summed E-state index contributed by atoms with van der Waals surface area (Å²) < 4.78 is 5.88. The zero-order valence-electron chi connectivity index (χ0n) is 30.4. The first-order chi connectivity index (χ1) is 21.8. The van der Waals surface area contributed by atoms with Gasteiger partial charge in [0.15, 0.2) is 0 Å². The molecule has 2 nitrogen and oxygen atoms in total. The monoisotopic (exact) mass is 616 g/mol. The molecule has 1 atom stereocenters. The topological polar surface area (TPSA) is 35.2 Å². The summed E-state index contributed by atoms with van der Waals surface area (Å²) in [6.07, 6.45) is 55.5. The smallest absolute Gasteiger partial charge is 0.0480 e. The van der Waals surface area contributed by atoms with E-state index in [1.165, 1.54) is 180 Å². The van der Waals surface area contributed by atoms with E-state index in [1.54, 1.807) is 0 Å². The number of hydrogen-bond acceptors (Lipinski definition) is 2. The van der Waals surface area contributed by atoms with Crippen LogP contribution < -0.4 is 5.73 Å². The quantitative estimate of drug-likeness (QED) is 0.0557. The van der Waals surface area contributed by atoms with Crippen LogP contribution in [0.15, 0.2) is 36.5 Å². The molecule has 0 aromatic heterocycles. The summed E-state index contributed by atoms with van der Waals surface area (Å²) in [5.41, 5.74) is 6.33. The number of ether oxygens (including phenoxy) is 1. The second kappa shape index (κ2) is 40.2. The van der Waals surface area contributed by atoms with Crippen LogP contribution in [0.4, 0.5) is 0 Å². The maximum atomic E-state index is 6.33. The molecule has 0 amide bonds. The zero-order valence-corrected chi connectivity index (χ0v) is 30.4. The predicted molar refractivity (Wildman–Crippen MR) is 201 cm³/mol. The Morgan fingerprint density at radius 3 is 1.25 bits per heavy atom. The molecule has 0 radical (unpaired) electrons. The first-order valence-corrected chi connectivity index (χ1v) is 20.1. The van der Waals surface area contributed by atoms with Crippen LogP contribution in [0.5, 0.6) is 0 Å². The molecule has 0 aliphatic heterocycles. The van der Waals surface area contributed by atoms with E-state index >= 15 is 0 Å². The minimum atomic E-state index is 0.323. The molecule has 44 heavy (non-hydrogen) atoms. The normalized spacial score (nSPS) is 12.9. The third-order valence-electron chi connectivity index (χ3n) is 8.96. The molecule has 0 saturated carbocycles. The lowest BCUT2D eigenvalue weighted by molar-refractivity contribution is 0.122. The van der Waals surface area contributed by atoms with Gasteiger partial charge in [-0.15, -0.1) is 0 Å². The van der Waals surface area contributed by atoms with Gasteiger partial charge in [0.2, 0.25) is 0 Å². The Morgan fingerprint density at radius 2 is 0.750 bits per heavy atom. The second-order valence-corrected chi connectivity index (χ2v) is 13.5. The standard InChI is InChI=1S/C42H81NO/c1-3-5-7-9-11-13-15-17-19-21-23-25-27-29-31-33-35-37-40-44-41-39-42(43)38-36-34-32-30-28-26-24-22-20-18-16-14-12-10-8-6-4-2/h12,14,17-20,42H,3-11,13,15-16,21-41,43H2,1-2H3/b14-12?,19-17-,20-18?. The van der Waals surface area contributed by atoms with Gasteiger partial charge in [-0.2, -0.15) is 0 Å². The fraction of sp³-hybridized carbons (Fsp3) is 0.857. The van der Waals surface area contributed by atoms with Crippen molar-refractivity contribution in [1.29, 1.82) is 0 Å². The van der Waals surface area contributed by atoms with E-state index in [1.807, 2.05) is 0 Å². The van der Waals surface area contributed by atoms with Crippen molar-refractivity contribution in [3.8, 4) is 0 Å². The van der Waals surface area contributed by atoms with E-state index in [2.05, 4.69) is 50.3 Å². The van der Waals surface area contributed by atoms with Crippen molar-refractivity contribution in [2.75, 3.05) is 13.2 Å². The number of rotatable bonds is 37. The lowest BCUT2D eigenvalue weighted by Crippen LogP contribution is -2.22. The molecule has 0 aromatic carbocycles. The van der Waals surface area contributed by atoms with Crippen molar-refractivity contribution in [2.45, 2.75) is 219 Å². The van der Waals surface area contributed by atoms with Crippen LogP contribution >= 0.6 is 0 Å². The molecule has 0 bridgehead atoms. The molecule has 0 saturated heterocycles. The molecule has 0 rings (SSSR count). The SMILES string of the molecule is CCCCCC=CCC=CCCCCCCCCCC(N)CCOCCCCCCCCCC/C=C\CCCCCCCC. The van der Waals surface area contributed by atoms with E-state index in [0.29, 0.717) is 6.04 Å². The molecular formula is C42H81NO. The highest BCUT2D eigenvalue weighted by Gasteiger charge is 2.03. The molecule has 0 heterocycles. The molecule has 0 aliphatic rings. The minimum Gasteiger partial charge on any atom is -0.381 e. The highest BCUT2D eigenvalue weighted by Crippen LogP contribution is 2.13. The molecule has 0 fully saturated rings. The van der Waals surface area contributed by atoms with Gasteiger partial charge in [-0.1, -0.05) is 172 Å². The lowest BCUT2D eigenvalue weighted by atomic mass is 10.0. The van der Waals surface area contributed by atoms with Gasteiger partial charge in [0.25, 0.3) is 0 Å². The van der Waals surface area contributed by atoms with Gasteiger partial charge in [0.05, 0.1) is 0 Å². The van der Waals surface area contributed by atoms with E-state index in [4.69, 9.17) is 10.5 Å². The summed E-state index contributed by atoms with van der Waals surface area (Å²) in [4.78, 5) is 0. The van der Waals surface area contributed by atoms with Gasteiger partial charge in [0.1, 0.15) is 0 Å². The molecule has 2 heteroatoms. The van der Waals surface area contributed by atoms with Crippen molar-refractivity contribution in [3.05, 3.63) is 36.5 Å². The minimum absolute atomic E-state index is 0.323. The summed E-state index contributed by atoms with van der Waals surface area (Å²) in [7, 11) is 0. The Kier molecular flexibility index (Phi) is 39.4. The van der Waals surface area contributed by atoms with Crippen LogP contribution in [-0.4, -0.2) is 19.3 Å². The predicted octanol–water partition coefficient (Wildman–Crippen LogP) is 14.1. The number of allylic oxidation sites excluding steroid dienone is 6. The van der Waals surface area contributed by atoms with Gasteiger partial charge in [0, 0.05) is 19.3 Å². The summed E-state index contributed by atoms with van der Waals surface area (Å²) >= 11 is 0. The van der Waals surface area contributed by atoms with Crippen LogP contribution in [0.1, 0.15) is 213 Å². The van der Waals surface area contributed by atoms with Crippen molar-refractivity contribution < 1.29 is 4.74 Å². The Labute approximate surface area is 278 Å². The third kappa shape index (κ3) is 39.2. The lowest BCUT2D eigenvalue weighted by Gasteiger charge is -2.11. The molecule has 0 spiro atoms. The first kappa shape index (κ1) is 43.1.